The van der Waals surface area contributed by atoms with Crippen LogP contribution >= 0.6 is 11.8 Å². The first-order valence-corrected chi connectivity index (χ1v) is 14.3. The van der Waals surface area contributed by atoms with E-state index in [2.05, 4.69) is 25.1 Å². The van der Waals surface area contributed by atoms with E-state index in [9.17, 15) is 23.1 Å². The number of piperidine rings is 1. The number of ketones is 1. The van der Waals surface area contributed by atoms with Crippen molar-refractivity contribution in [1.82, 2.24) is 4.98 Å². The van der Waals surface area contributed by atoms with Gasteiger partial charge in [-0.05, 0) is 42.7 Å². The van der Waals surface area contributed by atoms with E-state index >= 15 is 0 Å². The molecule has 3 heterocycles. The van der Waals surface area contributed by atoms with Crippen molar-refractivity contribution >= 4 is 39.2 Å². The Morgan fingerprint density at radius 3 is 2.43 bits per heavy atom. The number of aliphatic carboxylic acids is 1. The molecule has 2 fully saturated rings. The molecule has 2 aliphatic rings. The van der Waals surface area contributed by atoms with Crippen LogP contribution in [0.15, 0.2) is 46.2 Å². The number of anilines is 1. The molecule has 3 rings (SSSR count). The summed E-state index contributed by atoms with van der Waals surface area (Å²) in [6.07, 6.45) is 5.37. The van der Waals surface area contributed by atoms with Gasteiger partial charge in [0.05, 0.1) is 4.90 Å². The molecule has 0 bridgehead atoms. The van der Waals surface area contributed by atoms with E-state index in [0.717, 1.165) is 24.2 Å². The van der Waals surface area contributed by atoms with Crippen molar-refractivity contribution in [2.45, 2.75) is 61.5 Å². The van der Waals surface area contributed by atoms with E-state index in [0.29, 0.717) is 36.7 Å². The van der Waals surface area contributed by atoms with E-state index < -0.39 is 20.6 Å². The number of carbonyl (C=O) groups is 2. The number of unbranched alkanes of at least 4 members (excludes halogenated alkanes) is 1. The highest BCUT2D eigenvalue weighted by Crippen LogP contribution is 2.36. The summed E-state index contributed by atoms with van der Waals surface area (Å²) in [4.78, 5) is 32.5. The van der Waals surface area contributed by atoms with Gasteiger partial charge < -0.3 is 14.7 Å². The Bertz CT molecular complexity index is 1050. The molecule has 0 aromatic carbocycles. The SMILES string of the molecule is C=C(CCCC)SC(=C)C(=O)C1CCN(c2ccc(S(=O)(=O)C3(C(=O)O)CCOCC3)cn2)CC1. The van der Waals surface area contributed by atoms with E-state index in [4.69, 9.17) is 4.74 Å². The van der Waals surface area contributed by atoms with Gasteiger partial charge in [0.2, 0.25) is 0 Å². The lowest BCUT2D eigenvalue weighted by Gasteiger charge is -2.33. The van der Waals surface area contributed by atoms with Gasteiger partial charge in [-0.1, -0.05) is 38.3 Å². The van der Waals surface area contributed by atoms with Crippen LogP contribution in [-0.4, -0.2) is 61.3 Å². The van der Waals surface area contributed by atoms with Crippen LogP contribution in [0, 0.1) is 5.92 Å². The minimum atomic E-state index is -4.14. The second-order valence-corrected chi connectivity index (χ2v) is 12.6. The number of hydrogen-bond donors (Lipinski definition) is 1. The summed E-state index contributed by atoms with van der Waals surface area (Å²) < 4.78 is 29.7. The molecule has 192 valence electrons. The van der Waals surface area contributed by atoms with E-state index in [1.165, 1.54) is 24.0 Å². The molecule has 2 saturated heterocycles. The van der Waals surface area contributed by atoms with Crippen molar-refractivity contribution in [1.29, 1.82) is 0 Å². The number of carboxylic acids is 1. The van der Waals surface area contributed by atoms with Gasteiger partial charge in [-0.3, -0.25) is 9.59 Å². The van der Waals surface area contributed by atoms with Gasteiger partial charge in [-0.2, -0.15) is 0 Å². The lowest BCUT2D eigenvalue weighted by molar-refractivity contribution is -0.142. The first-order chi connectivity index (χ1) is 16.6. The zero-order valence-electron chi connectivity index (χ0n) is 20.2. The monoisotopic (exact) mass is 522 g/mol. The zero-order valence-corrected chi connectivity index (χ0v) is 21.8. The molecular formula is C25H34N2O6S2. The molecule has 35 heavy (non-hydrogen) atoms. The second kappa shape index (κ2) is 11.7. The number of hydrogen-bond acceptors (Lipinski definition) is 8. The molecule has 0 amide bonds. The first-order valence-electron chi connectivity index (χ1n) is 12.0. The molecule has 8 nitrogen and oxygen atoms in total. The van der Waals surface area contributed by atoms with E-state index in [-0.39, 0.29) is 42.7 Å². The maximum atomic E-state index is 13.2. The number of carbonyl (C=O) groups excluding carboxylic acids is 1. The Balaban J connectivity index is 1.61. The van der Waals surface area contributed by atoms with Crippen molar-refractivity contribution in [2.24, 2.45) is 5.92 Å². The molecule has 0 saturated carbocycles. The summed E-state index contributed by atoms with van der Waals surface area (Å²) in [5, 5.41) is 9.74. The molecule has 0 radical (unpaired) electrons. The van der Waals surface area contributed by atoms with Crippen molar-refractivity contribution in [3.05, 3.63) is 41.3 Å². The summed E-state index contributed by atoms with van der Waals surface area (Å²) in [5.74, 6) is -0.788. The number of aromatic nitrogens is 1. The van der Waals surface area contributed by atoms with Crippen molar-refractivity contribution in [3.63, 3.8) is 0 Å². The quantitative estimate of drug-likeness (QED) is 0.427. The highest BCUT2D eigenvalue weighted by Gasteiger charge is 2.52. The summed E-state index contributed by atoms with van der Waals surface area (Å²) >= 11 is 1.38. The van der Waals surface area contributed by atoms with E-state index in [1.807, 2.05) is 4.90 Å². The van der Waals surface area contributed by atoms with Gasteiger partial charge in [-0.15, -0.1) is 0 Å². The highest BCUT2D eigenvalue weighted by molar-refractivity contribution is 8.07. The second-order valence-electron chi connectivity index (χ2n) is 9.06. The molecule has 0 unspecified atom stereocenters. The Hall–Kier alpha value is -2.17. The minimum absolute atomic E-state index is 0.0668. The predicted octanol–water partition coefficient (Wildman–Crippen LogP) is 4.23. The van der Waals surface area contributed by atoms with Gasteiger partial charge in [0.25, 0.3) is 0 Å². The van der Waals surface area contributed by atoms with Gasteiger partial charge in [0, 0.05) is 56.2 Å². The summed E-state index contributed by atoms with van der Waals surface area (Å²) in [5.41, 5.74) is 0. The number of Topliss-reactive ketones (excluding diaryl/α,β-unsaturated/α-hetero) is 1. The van der Waals surface area contributed by atoms with Crippen LogP contribution in [0.25, 0.3) is 0 Å². The molecule has 0 spiro atoms. The van der Waals surface area contributed by atoms with Crippen molar-refractivity contribution in [3.8, 4) is 0 Å². The largest absolute Gasteiger partial charge is 0.480 e. The van der Waals surface area contributed by atoms with Gasteiger partial charge in [0.1, 0.15) is 5.82 Å². The average Bonchev–Trinajstić information content (AvgIpc) is 2.87. The van der Waals surface area contributed by atoms with Gasteiger partial charge >= 0.3 is 5.97 Å². The number of nitrogens with zero attached hydrogens (tertiary/aromatic N) is 2. The number of allylic oxidation sites excluding steroid dienone is 2. The molecule has 2 aliphatic heterocycles. The fourth-order valence-corrected chi connectivity index (χ4v) is 7.18. The number of carboxylic acid groups (broad SMARTS) is 1. The van der Waals surface area contributed by atoms with E-state index in [1.54, 1.807) is 6.07 Å². The van der Waals surface area contributed by atoms with Gasteiger partial charge in [-0.25, -0.2) is 13.4 Å². The maximum absolute atomic E-state index is 13.2. The third kappa shape index (κ3) is 5.98. The average molecular weight is 523 g/mol. The number of pyridine rings is 1. The molecule has 10 heteroatoms. The highest BCUT2D eigenvalue weighted by atomic mass is 32.2. The molecule has 0 atom stereocenters. The number of thioether (sulfide) groups is 1. The van der Waals surface area contributed by atoms with Crippen LogP contribution < -0.4 is 4.90 Å². The van der Waals surface area contributed by atoms with Crippen LogP contribution in [0.5, 0.6) is 0 Å². The molecule has 0 aliphatic carbocycles. The maximum Gasteiger partial charge on any atom is 0.325 e. The normalized spacial score (nSPS) is 18.7. The van der Waals surface area contributed by atoms with Crippen LogP contribution in [0.3, 0.4) is 0 Å². The fourth-order valence-electron chi connectivity index (χ4n) is 4.49. The molecule has 1 N–H and O–H groups in total. The lowest BCUT2D eigenvalue weighted by Crippen LogP contribution is -2.50. The fraction of sp³-hybridized carbons (Fsp3) is 0.560. The van der Waals surface area contributed by atoms with Crippen LogP contribution in [0.2, 0.25) is 0 Å². The lowest BCUT2D eigenvalue weighted by atomic mass is 9.92. The minimum Gasteiger partial charge on any atom is -0.480 e. The molecule has 1 aromatic heterocycles. The third-order valence-electron chi connectivity index (χ3n) is 6.78. The topological polar surface area (TPSA) is 114 Å². The zero-order chi connectivity index (χ0) is 25.6. The smallest absolute Gasteiger partial charge is 0.325 e. The molecular weight excluding hydrogens is 488 g/mol. The third-order valence-corrected chi connectivity index (χ3v) is 10.2. The summed E-state index contributed by atoms with van der Waals surface area (Å²) in [6.45, 7) is 11.5. The van der Waals surface area contributed by atoms with Crippen LogP contribution in [0.1, 0.15) is 51.9 Å². The summed E-state index contributed by atoms with van der Waals surface area (Å²) in [7, 11) is -4.14. The number of sulfone groups is 1. The number of ether oxygens (including phenoxy) is 1. The van der Waals surface area contributed by atoms with Crippen molar-refractivity contribution in [2.75, 3.05) is 31.2 Å². The Morgan fingerprint density at radius 1 is 1.23 bits per heavy atom. The predicted molar refractivity (Wildman–Crippen MR) is 137 cm³/mol. The first kappa shape index (κ1) is 27.4. The Labute approximate surface area is 211 Å². The van der Waals surface area contributed by atoms with Crippen LogP contribution in [-0.2, 0) is 24.2 Å². The summed E-state index contributed by atoms with van der Waals surface area (Å²) in [6, 6.07) is 3.03. The Kier molecular flexibility index (Phi) is 9.17. The Morgan fingerprint density at radius 2 is 1.89 bits per heavy atom. The van der Waals surface area contributed by atoms with Crippen molar-refractivity contribution < 1.29 is 27.9 Å². The van der Waals surface area contributed by atoms with Crippen LogP contribution in [0.4, 0.5) is 5.82 Å². The number of rotatable bonds is 11. The standard InChI is InChI=1S/C25H34N2O6S2/c1-4-5-6-18(2)34-19(3)23(28)20-9-13-27(14-10-20)22-8-7-21(17-26-22)35(31,32)25(24(29)30)11-15-33-16-12-25/h7-8,17,20H,2-6,9-16H2,1H3,(H,29,30). The molecule has 1 aromatic rings. The van der Waals surface area contributed by atoms with Gasteiger partial charge in [0.15, 0.2) is 20.4 Å².